The number of carbonyl (C=O) groups is 1. The number of halogens is 3. The van der Waals surface area contributed by atoms with Gasteiger partial charge in [0.2, 0.25) is 11.8 Å². The number of aromatic nitrogens is 4. The Morgan fingerprint density at radius 2 is 1.76 bits per heavy atom. The van der Waals surface area contributed by atoms with Gasteiger partial charge in [-0.1, -0.05) is 12.1 Å². The Kier molecular flexibility index (Phi) is 5.87. The lowest BCUT2D eigenvalue weighted by molar-refractivity contribution is 0.0600. The summed E-state index contributed by atoms with van der Waals surface area (Å²) in [6, 6.07) is 8.65. The average Bonchev–Trinajstić information content (AvgIpc) is 3.49. The van der Waals surface area contributed by atoms with E-state index >= 15 is 0 Å². The zero-order valence-corrected chi connectivity index (χ0v) is 18.0. The van der Waals surface area contributed by atoms with Crippen LogP contribution in [0, 0.1) is 17.5 Å². The number of likely N-dealkylation sites (tertiary alicyclic amines) is 1. The van der Waals surface area contributed by atoms with Gasteiger partial charge in [0, 0.05) is 36.2 Å². The average molecular weight is 467 g/mol. The predicted octanol–water partition coefficient (Wildman–Crippen LogP) is 4.78. The molecule has 4 aromatic rings. The molecule has 0 aliphatic carbocycles. The maximum atomic E-state index is 13.5. The monoisotopic (exact) mass is 467 g/mol. The lowest BCUT2D eigenvalue weighted by Gasteiger charge is -2.35. The van der Waals surface area contributed by atoms with Gasteiger partial charge in [-0.15, -0.1) is 10.2 Å². The third kappa shape index (κ3) is 4.43. The summed E-state index contributed by atoms with van der Waals surface area (Å²) in [7, 11) is 0. The van der Waals surface area contributed by atoms with Crippen LogP contribution < -0.4 is 0 Å². The Balaban J connectivity index is 1.37. The van der Waals surface area contributed by atoms with Crippen molar-refractivity contribution in [2.24, 2.45) is 0 Å². The number of aromatic amines is 1. The molecule has 0 radical (unpaired) electrons. The van der Waals surface area contributed by atoms with E-state index in [0.717, 1.165) is 37.5 Å². The molecule has 1 saturated heterocycles. The lowest BCUT2D eigenvalue weighted by atomic mass is 9.97. The number of nitrogens with one attached hydrogen (secondary N) is 1. The van der Waals surface area contributed by atoms with Crippen LogP contribution in [0.25, 0.3) is 22.6 Å². The molecule has 0 bridgehead atoms. The van der Waals surface area contributed by atoms with Gasteiger partial charge in [0.1, 0.15) is 23.1 Å². The second-order valence-electron chi connectivity index (χ2n) is 8.18. The van der Waals surface area contributed by atoms with Crippen molar-refractivity contribution in [1.29, 1.82) is 0 Å². The van der Waals surface area contributed by atoms with Crippen LogP contribution in [0.1, 0.15) is 35.6 Å². The number of H-pyrrole nitrogens is 1. The highest BCUT2D eigenvalue weighted by Gasteiger charge is 2.31. The summed E-state index contributed by atoms with van der Waals surface area (Å²) in [6.45, 7) is 0.543. The molecule has 0 spiro atoms. The SMILES string of the molecule is O=C(c1[nH]ncc1-c1ccc(F)cc1)N1CCCC[C@H]1Cc1nnc(-c2cc(F)cc(F)c2)o1. The Bertz CT molecular complexity index is 1300. The summed E-state index contributed by atoms with van der Waals surface area (Å²) in [5, 5.41) is 14.7. The number of benzene rings is 2. The standard InChI is InChI=1S/C24H20F3N5O2/c25-16-6-4-14(5-7-16)20-13-28-30-22(20)24(33)32-8-2-1-3-19(32)12-21-29-31-23(34-21)15-9-17(26)11-18(27)10-15/h4-7,9-11,13,19H,1-3,8,12H2,(H,28,30)/t19-/m0/s1. The van der Waals surface area contributed by atoms with E-state index in [1.807, 2.05) is 0 Å². The highest BCUT2D eigenvalue weighted by Crippen LogP contribution is 2.28. The number of nitrogens with zero attached hydrogens (tertiary/aromatic N) is 4. The van der Waals surface area contributed by atoms with Crippen molar-refractivity contribution in [2.45, 2.75) is 31.7 Å². The predicted molar refractivity (Wildman–Crippen MR) is 116 cm³/mol. The normalized spacial score (nSPS) is 16.1. The van der Waals surface area contributed by atoms with Gasteiger partial charge < -0.3 is 9.32 Å². The Hall–Kier alpha value is -3.95. The molecule has 1 aliphatic heterocycles. The maximum absolute atomic E-state index is 13.5. The van der Waals surface area contributed by atoms with Crippen molar-refractivity contribution in [3.63, 3.8) is 0 Å². The van der Waals surface area contributed by atoms with Gasteiger partial charge in [-0.05, 0) is 49.1 Å². The fraction of sp³-hybridized carbons (Fsp3) is 0.250. The molecule has 34 heavy (non-hydrogen) atoms. The Morgan fingerprint density at radius 3 is 2.53 bits per heavy atom. The van der Waals surface area contributed by atoms with Crippen molar-refractivity contribution in [3.8, 4) is 22.6 Å². The fourth-order valence-electron chi connectivity index (χ4n) is 4.25. The van der Waals surface area contributed by atoms with E-state index < -0.39 is 11.6 Å². The van der Waals surface area contributed by atoms with Crippen LogP contribution in [0.5, 0.6) is 0 Å². The number of amides is 1. The van der Waals surface area contributed by atoms with Gasteiger partial charge in [0.05, 0.1) is 6.20 Å². The summed E-state index contributed by atoms with van der Waals surface area (Å²) >= 11 is 0. The van der Waals surface area contributed by atoms with Crippen molar-refractivity contribution in [3.05, 3.63) is 77.7 Å². The van der Waals surface area contributed by atoms with Crippen LogP contribution in [-0.4, -0.2) is 43.8 Å². The molecule has 174 valence electrons. The number of hydrogen-bond donors (Lipinski definition) is 1. The van der Waals surface area contributed by atoms with Crippen molar-refractivity contribution in [2.75, 3.05) is 6.54 Å². The van der Waals surface area contributed by atoms with Gasteiger partial charge in [-0.3, -0.25) is 9.89 Å². The first-order valence-corrected chi connectivity index (χ1v) is 10.9. The van der Waals surface area contributed by atoms with E-state index in [0.29, 0.717) is 29.8 Å². The van der Waals surface area contributed by atoms with Crippen LogP contribution in [0.3, 0.4) is 0 Å². The molecule has 1 amide bonds. The highest BCUT2D eigenvalue weighted by molar-refractivity contribution is 5.99. The van der Waals surface area contributed by atoms with E-state index in [1.54, 1.807) is 23.2 Å². The summed E-state index contributed by atoms with van der Waals surface area (Å²) < 4.78 is 46.1. The molecule has 1 atom stereocenters. The first-order chi connectivity index (χ1) is 16.5. The van der Waals surface area contributed by atoms with Gasteiger partial charge in [0.15, 0.2) is 0 Å². The van der Waals surface area contributed by atoms with E-state index in [9.17, 15) is 18.0 Å². The van der Waals surface area contributed by atoms with Gasteiger partial charge in [-0.25, -0.2) is 13.2 Å². The second kappa shape index (κ2) is 9.12. The Labute approximate surface area is 192 Å². The summed E-state index contributed by atoms with van der Waals surface area (Å²) in [5.41, 5.74) is 1.73. The van der Waals surface area contributed by atoms with Crippen LogP contribution in [0.4, 0.5) is 13.2 Å². The summed E-state index contributed by atoms with van der Waals surface area (Å²) in [5.74, 6) is -1.79. The first-order valence-electron chi connectivity index (χ1n) is 10.9. The van der Waals surface area contributed by atoms with Crippen LogP contribution in [0.15, 0.2) is 53.1 Å². The molecule has 10 heteroatoms. The third-order valence-corrected chi connectivity index (χ3v) is 5.88. The van der Waals surface area contributed by atoms with Crippen LogP contribution in [0.2, 0.25) is 0 Å². The molecule has 3 heterocycles. The number of rotatable bonds is 5. The minimum Gasteiger partial charge on any atom is -0.421 e. The molecule has 1 N–H and O–H groups in total. The topological polar surface area (TPSA) is 87.9 Å². The van der Waals surface area contributed by atoms with E-state index in [4.69, 9.17) is 4.42 Å². The number of carbonyl (C=O) groups excluding carboxylic acids is 1. The Morgan fingerprint density at radius 1 is 1.00 bits per heavy atom. The van der Waals surface area contributed by atoms with E-state index in [2.05, 4.69) is 20.4 Å². The molecule has 2 aromatic heterocycles. The third-order valence-electron chi connectivity index (χ3n) is 5.88. The van der Waals surface area contributed by atoms with Gasteiger partial charge in [-0.2, -0.15) is 5.10 Å². The van der Waals surface area contributed by atoms with E-state index in [-0.39, 0.29) is 35.1 Å². The fourth-order valence-corrected chi connectivity index (χ4v) is 4.25. The maximum Gasteiger partial charge on any atom is 0.272 e. The zero-order valence-electron chi connectivity index (χ0n) is 18.0. The van der Waals surface area contributed by atoms with E-state index in [1.165, 1.54) is 12.1 Å². The molecule has 1 aliphatic rings. The molecular weight excluding hydrogens is 447 g/mol. The molecule has 1 fully saturated rings. The molecule has 5 rings (SSSR count). The molecule has 2 aromatic carbocycles. The molecule has 0 saturated carbocycles. The van der Waals surface area contributed by atoms with Crippen molar-refractivity contribution in [1.82, 2.24) is 25.3 Å². The molecular formula is C24H20F3N5O2. The molecule has 7 nitrogen and oxygen atoms in total. The zero-order chi connectivity index (χ0) is 23.7. The number of piperidine rings is 1. The quantitative estimate of drug-likeness (QED) is 0.456. The van der Waals surface area contributed by atoms with Crippen molar-refractivity contribution >= 4 is 5.91 Å². The minimum atomic E-state index is -0.740. The van der Waals surface area contributed by atoms with Gasteiger partial charge >= 0.3 is 0 Å². The second-order valence-corrected chi connectivity index (χ2v) is 8.18. The summed E-state index contributed by atoms with van der Waals surface area (Å²) in [6.07, 6.45) is 4.36. The van der Waals surface area contributed by atoms with Crippen LogP contribution >= 0.6 is 0 Å². The smallest absolute Gasteiger partial charge is 0.272 e. The summed E-state index contributed by atoms with van der Waals surface area (Å²) in [4.78, 5) is 15.2. The first kappa shape index (κ1) is 21.9. The van der Waals surface area contributed by atoms with Crippen molar-refractivity contribution < 1.29 is 22.4 Å². The number of hydrogen-bond acceptors (Lipinski definition) is 5. The minimum absolute atomic E-state index is 0.00856. The van der Waals surface area contributed by atoms with Gasteiger partial charge in [0.25, 0.3) is 5.91 Å². The highest BCUT2D eigenvalue weighted by atomic mass is 19.1. The molecule has 0 unspecified atom stereocenters. The van der Waals surface area contributed by atoms with Crippen LogP contribution in [-0.2, 0) is 6.42 Å². The lowest BCUT2D eigenvalue weighted by Crippen LogP contribution is -2.45. The largest absolute Gasteiger partial charge is 0.421 e.